The van der Waals surface area contributed by atoms with Crippen molar-refractivity contribution in [3.63, 3.8) is 0 Å². The first-order chi connectivity index (χ1) is 9.69. The summed E-state index contributed by atoms with van der Waals surface area (Å²) in [5, 5.41) is 3.67. The molecule has 114 valence electrons. The molecule has 3 nitrogen and oxygen atoms in total. The lowest BCUT2D eigenvalue weighted by Crippen LogP contribution is -2.36. The smallest absolute Gasteiger partial charge is 0.0410 e. The molecule has 0 aliphatic heterocycles. The van der Waals surface area contributed by atoms with Gasteiger partial charge in [0.05, 0.1) is 0 Å². The second-order valence-electron chi connectivity index (χ2n) is 5.18. The molecule has 0 bridgehead atoms. The van der Waals surface area contributed by atoms with Crippen LogP contribution in [-0.2, 0) is 6.42 Å². The third-order valence-corrected chi connectivity index (χ3v) is 4.05. The summed E-state index contributed by atoms with van der Waals surface area (Å²) < 4.78 is 1.06. The highest BCUT2D eigenvalue weighted by atomic mass is 79.9. The molecule has 1 rings (SSSR count). The third kappa shape index (κ3) is 6.82. The zero-order chi connectivity index (χ0) is 14.8. The summed E-state index contributed by atoms with van der Waals surface area (Å²) in [5.41, 5.74) is 1.30. The van der Waals surface area contributed by atoms with Gasteiger partial charge in [0.15, 0.2) is 0 Å². The van der Waals surface area contributed by atoms with Crippen LogP contribution in [0.3, 0.4) is 0 Å². The summed E-state index contributed by atoms with van der Waals surface area (Å²) in [4.78, 5) is 6.75. The molecule has 0 amide bonds. The Balaban J connectivity index is 2.54. The number of halogens is 1. The van der Waals surface area contributed by atoms with Gasteiger partial charge in [-0.3, -0.25) is 4.98 Å². The van der Waals surface area contributed by atoms with Crippen molar-refractivity contribution in [3.05, 3.63) is 28.5 Å². The molecule has 0 saturated carbocycles. The predicted molar refractivity (Wildman–Crippen MR) is 90.1 cm³/mol. The Kier molecular flexibility index (Phi) is 9.07. The number of nitrogens with zero attached hydrogens (tertiary/aromatic N) is 2. The van der Waals surface area contributed by atoms with E-state index in [9.17, 15) is 0 Å². The van der Waals surface area contributed by atoms with E-state index < -0.39 is 0 Å². The minimum Gasteiger partial charge on any atom is -0.314 e. The molecular weight excluding hydrogens is 314 g/mol. The van der Waals surface area contributed by atoms with Crippen LogP contribution < -0.4 is 5.32 Å². The van der Waals surface area contributed by atoms with Crippen LogP contribution in [0.15, 0.2) is 22.9 Å². The maximum Gasteiger partial charge on any atom is 0.0410 e. The first-order valence-corrected chi connectivity index (χ1v) is 8.54. The van der Waals surface area contributed by atoms with Gasteiger partial charge in [-0.2, -0.15) is 0 Å². The molecule has 0 fully saturated rings. The standard InChI is InChI=1S/C16H28BrN3/c1-4-8-19-16(7-9-20(5-2)6-3)11-14-10-15(17)13-18-12-14/h10,12-13,16,19H,4-9,11H2,1-3H3. The normalized spacial score (nSPS) is 12.8. The molecule has 0 aliphatic carbocycles. The zero-order valence-electron chi connectivity index (χ0n) is 13.0. The van der Waals surface area contributed by atoms with Crippen LogP contribution in [0.4, 0.5) is 0 Å². The average Bonchev–Trinajstić information content (AvgIpc) is 2.45. The van der Waals surface area contributed by atoms with E-state index in [1.165, 1.54) is 18.4 Å². The van der Waals surface area contributed by atoms with E-state index >= 15 is 0 Å². The van der Waals surface area contributed by atoms with Crippen molar-refractivity contribution in [1.82, 2.24) is 15.2 Å². The molecule has 1 atom stereocenters. The molecule has 0 spiro atoms. The van der Waals surface area contributed by atoms with Gasteiger partial charge in [0.1, 0.15) is 0 Å². The van der Waals surface area contributed by atoms with Crippen LogP contribution in [0.2, 0.25) is 0 Å². The van der Waals surface area contributed by atoms with Gasteiger partial charge in [-0.15, -0.1) is 0 Å². The van der Waals surface area contributed by atoms with Crippen molar-refractivity contribution in [1.29, 1.82) is 0 Å². The van der Waals surface area contributed by atoms with E-state index in [0.717, 1.165) is 37.1 Å². The highest BCUT2D eigenvalue weighted by Gasteiger charge is 2.11. The molecule has 0 radical (unpaired) electrons. The Bertz CT molecular complexity index is 366. The van der Waals surface area contributed by atoms with E-state index in [4.69, 9.17) is 0 Å². The summed E-state index contributed by atoms with van der Waals surface area (Å²) in [5.74, 6) is 0. The van der Waals surface area contributed by atoms with E-state index in [1.807, 2.05) is 12.4 Å². The van der Waals surface area contributed by atoms with E-state index in [1.54, 1.807) is 0 Å². The average molecular weight is 342 g/mol. The molecule has 20 heavy (non-hydrogen) atoms. The van der Waals surface area contributed by atoms with Crippen molar-refractivity contribution in [2.45, 2.75) is 46.1 Å². The van der Waals surface area contributed by atoms with E-state index in [0.29, 0.717) is 6.04 Å². The van der Waals surface area contributed by atoms with E-state index in [-0.39, 0.29) is 0 Å². The Hall–Kier alpha value is -0.450. The van der Waals surface area contributed by atoms with Gasteiger partial charge in [-0.05, 0) is 73.0 Å². The molecule has 0 aromatic carbocycles. The number of aromatic nitrogens is 1. The maximum absolute atomic E-state index is 4.26. The Labute approximate surface area is 132 Å². The lowest BCUT2D eigenvalue weighted by Gasteiger charge is -2.23. The second kappa shape index (κ2) is 10.3. The fourth-order valence-electron chi connectivity index (χ4n) is 2.36. The molecule has 1 aromatic heterocycles. The minimum atomic E-state index is 0.534. The number of hydrogen-bond donors (Lipinski definition) is 1. The largest absolute Gasteiger partial charge is 0.314 e. The van der Waals surface area contributed by atoms with Crippen molar-refractivity contribution >= 4 is 15.9 Å². The van der Waals surface area contributed by atoms with Gasteiger partial charge in [0.2, 0.25) is 0 Å². The SMILES string of the molecule is CCCNC(CCN(CC)CC)Cc1cncc(Br)c1. The van der Waals surface area contributed by atoms with Gasteiger partial charge in [0.25, 0.3) is 0 Å². The van der Waals surface area contributed by atoms with Crippen molar-refractivity contribution in [2.75, 3.05) is 26.2 Å². The molecule has 0 aliphatic rings. The minimum absolute atomic E-state index is 0.534. The molecule has 4 heteroatoms. The van der Waals surface area contributed by atoms with Crippen LogP contribution in [0.1, 0.15) is 39.2 Å². The number of hydrogen-bond acceptors (Lipinski definition) is 3. The monoisotopic (exact) mass is 341 g/mol. The quantitative estimate of drug-likeness (QED) is 0.706. The molecule has 1 aromatic rings. The van der Waals surface area contributed by atoms with Crippen LogP contribution in [-0.4, -0.2) is 42.1 Å². The summed E-state index contributed by atoms with van der Waals surface area (Å²) >= 11 is 3.50. The number of nitrogens with one attached hydrogen (secondary N) is 1. The molecule has 1 N–H and O–H groups in total. The maximum atomic E-state index is 4.26. The van der Waals surface area contributed by atoms with Gasteiger partial charge < -0.3 is 10.2 Å². The summed E-state index contributed by atoms with van der Waals surface area (Å²) in [6.45, 7) is 11.2. The third-order valence-electron chi connectivity index (χ3n) is 3.61. The number of rotatable bonds is 10. The molecule has 1 heterocycles. The second-order valence-corrected chi connectivity index (χ2v) is 6.10. The van der Waals surface area contributed by atoms with Crippen molar-refractivity contribution < 1.29 is 0 Å². The first kappa shape index (κ1) is 17.6. The Morgan fingerprint density at radius 2 is 2.00 bits per heavy atom. The fraction of sp³-hybridized carbons (Fsp3) is 0.688. The van der Waals surface area contributed by atoms with Crippen LogP contribution in [0.25, 0.3) is 0 Å². The van der Waals surface area contributed by atoms with E-state index in [2.05, 4.69) is 58.0 Å². The predicted octanol–water partition coefficient (Wildman–Crippen LogP) is 3.49. The van der Waals surface area contributed by atoms with Gasteiger partial charge in [0, 0.05) is 22.9 Å². The highest BCUT2D eigenvalue weighted by Crippen LogP contribution is 2.12. The Morgan fingerprint density at radius 1 is 1.25 bits per heavy atom. The summed E-state index contributed by atoms with van der Waals surface area (Å²) in [7, 11) is 0. The molecule has 0 saturated heterocycles. The first-order valence-electron chi connectivity index (χ1n) is 7.74. The van der Waals surface area contributed by atoms with Crippen LogP contribution in [0, 0.1) is 0 Å². The lowest BCUT2D eigenvalue weighted by atomic mass is 10.0. The zero-order valence-corrected chi connectivity index (χ0v) is 14.6. The topological polar surface area (TPSA) is 28.2 Å². The van der Waals surface area contributed by atoms with Gasteiger partial charge in [-0.1, -0.05) is 20.8 Å². The van der Waals surface area contributed by atoms with Crippen LogP contribution in [0.5, 0.6) is 0 Å². The summed E-state index contributed by atoms with van der Waals surface area (Å²) in [6.07, 6.45) is 7.23. The Morgan fingerprint density at radius 3 is 2.60 bits per heavy atom. The van der Waals surface area contributed by atoms with Gasteiger partial charge in [-0.25, -0.2) is 0 Å². The van der Waals surface area contributed by atoms with Crippen molar-refractivity contribution in [3.8, 4) is 0 Å². The number of pyridine rings is 1. The van der Waals surface area contributed by atoms with Crippen LogP contribution >= 0.6 is 15.9 Å². The molecular formula is C16H28BrN3. The summed E-state index contributed by atoms with van der Waals surface area (Å²) in [6, 6.07) is 2.71. The lowest BCUT2D eigenvalue weighted by molar-refractivity contribution is 0.280. The van der Waals surface area contributed by atoms with Crippen molar-refractivity contribution in [2.24, 2.45) is 0 Å². The highest BCUT2D eigenvalue weighted by molar-refractivity contribution is 9.10. The van der Waals surface area contributed by atoms with Gasteiger partial charge >= 0.3 is 0 Å². The fourth-order valence-corrected chi connectivity index (χ4v) is 2.77. The molecule has 1 unspecified atom stereocenters.